The first-order chi connectivity index (χ1) is 48.2. The molecule has 99 heavy (non-hydrogen) atoms. The lowest BCUT2D eigenvalue weighted by Gasteiger charge is -2.19. The summed E-state index contributed by atoms with van der Waals surface area (Å²) in [4.78, 5) is 37.8. The summed E-state index contributed by atoms with van der Waals surface area (Å²) in [7, 11) is 0. The summed E-state index contributed by atoms with van der Waals surface area (Å²) in [5.74, 6) is -2.43. The Bertz CT molecular complexity index is 3480. The number of carbonyl (C=O) groups is 3. The molecular weight excluding hydrogens is 1260 g/mol. The predicted octanol–water partition coefficient (Wildman–Crippen LogP) is 19.2. The molecule has 6 rings (SSSR count). The van der Waals surface area contributed by atoms with E-state index in [0.717, 1.165) is 153 Å². The zero-order valence-electron chi connectivity index (χ0n) is 56.8. The lowest BCUT2D eigenvalue weighted by atomic mass is 10.1. The minimum atomic E-state index is -0.768. The van der Waals surface area contributed by atoms with E-state index in [1.54, 1.807) is 91.0 Å². The normalized spacial score (nSPS) is 10.9. The molecule has 0 aliphatic rings. The van der Waals surface area contributed by atoms with Crippen LogP contribution >= 0.6 is 0 Å². The fourth-order valence-electron chi connectivity index (χ4n) is 10.5. The third-order valence-corrected chi connectivity index (χ3v) is 16.3. The third kappa shape index (κ3) is 30.0. The Balaban J connectivity index is 0.778. The van der Waals surface area contributed by atoms with Crippen LogP contribution in [0.4, 0.5) is 13.2 Å². The number of benzene rings is 6. The molecule has 6 aromatic rings. The van der Waals surface area contributed by atoms with E-state index in [0.29, 0.717) is 86.6 Å². The highest BCUT2D eigenvalue weighted by molar-refractivity contribution is 6.17. The molecule has 18 heteroatoms. The number of ether oxygens (including phenoxy) is 9. The molecule has 0 amide bonds. The van der Waals surface area contributed by atoms with Gasteiger partial charge in [0.1, 0.15) is 70.2 Å². The van der Waals surface area contributed by atoms with E-state index in [9.17, 15) is 27.6 Å². The molecule has 15 nitrogen and oxygen atoms in total. The molecule has 0 saturated carbocycles. The van der Waals surface area contributed by atoms with Gasteiger partial charge in [-0.15, -0.1) is 0 Å². The van der Waals surface area contributed by atoms with Gasteiger partial charge in [-0.05, 0) is 128 Å². The van der Waals surface area contributed by atoms with E-state index < -0.39 is 35.4 Å². The average molecular weight is 1360 g/mol. The Kier molecular flexibility index (Phi) is 36.4. The topological polar surface area (TPSA) is 206 Å². The lowest BCUT2D eigenvalue weighted by molar-refractivity contribution is -0.154. The number of nitriles is 3. The van der Waals surface area contributed by atoms with Gasteiger partial charge in [0, 0.05) is 44.4 Å². The standard InChI is InChI=1S/C81H92F3N3O12/c1-60(79(88)97-72-43-34-66(57-85)75(82)54-72)63-28-37-69(38-29-63)92-48-23-17-11-5-4-10-16-22-47-91-53-46-78(95-51-26-20-14-8-6-12-18-24-49-93-70-39-30-64(31-40-70)61(2)80(89)98-73-44-35-67(58-86)76(83)55-73)96-52-27-21-15-9-7-13-19-25-50-94-71-41-32-65(33-42-71)62(3)81(90)99-74-45-36-68(59-87)77(84)56-74/h28-45,54-56,78H,1-27,46-53H2. The van der Waals surface area contributed by atoms with Crippen molar-refractivity contribution in [3.8, 4) is 52.7 Å². The van der Waals surface area contributed by atoms with Gasteiger partial charge in [0.05, 0.1) is 59.8 Å². The summed E-state index contributed by atoms with van der Waals surface area (Å²) in [5.41, 5.74) is 1.60. The SMILES string of the molecule is C=C(C(=O)Oc1ccc(C#N)c(F)c1)c1ccc(OCCCCCCCCCCOCCC(OCCCCCCCCCCOc2ccc(C(=C)C(=O)Oc3ccc(C#N)c(F)c3)cc2)OCCCCCCCCCCOc2ccc(C(=C)C(=O)Oc3ccc(C#N)c(F)c3)cc2)cc1. The second-order valence-corrected chi connectivity index (χ2v) is 24.0. The van der Waals surface area contributed by atoms with Crippen LogP contribution in [-0.4, -0.2) is 70.4 Å². The van der Waals surface area contributed by atoms with E-state index in [1.807, 2.05) is 0 Å². The molecule has 0 spiro atoms. The highest BCUT2D eigenvalue weighted by Gasteiger charge is 2.18. The fourth-order valence-corrected chi connectivity index (χ4v) is 10.5. The summed E-state index contributed by atoms with van der Waals surface area (Å²) < 4.78 is 94.1. The van der Waals surface area contributed by atoms with Gasteiger partial charge in [0.2, 0.25) is 0 Å². The highest BCUT2D eigenvalue weighted by Crippen LogP contribution is 2.27. The molecule has 0 heterocycles. The summed E-state index contributed by atoms with van der Waals surface area (Å²) in [6, 6.07) is 37.1. The van der Waals surface area contributed by atoms with Gasteiger partial charge < -0.3 is 42.6 Å². The summed E-state index contributed by atoms with van der Waals surface area (Å²) in [6.07, 6.45) is 26.5. The smallest absolute Gasteiger partial charge is 0.343 e. The quantitative estimate of drug-likeness (QED) is 0.0114. The maximum Gasteiger partial charge on any atom is 0.343 e. The number of unbranched alkanes of at least 4 members (excludes halogenated alkanes) is 21. The average Bonchev–Trinajstić information content (AvgIpc) is 0.909. The molecule has 0 aromatic heterocycles. The van der Waals surface area contributed by atoms with Crippen LogP contribution < -0.4 is 28.4 Å². The molecule has 0 N–H and O–H groups in total. The van der Waals surface area contributed by atoms with Gasteiger partial charge >= 0.3 is 17.9 Å². The largest absolute Gasteiger partial charge is 0.494 e. The molecule has 0 radical (unpaired) electrons. The van der Waals surface area contributed by atoms with Crippen molar-refractivity contribution in [3.63, 3.8) is 0 Å². The van der Waals surface area contributed by atoms with Crippen LogP contribution in [0.2, 0.25) is 0 Å². The monoisotopic (exact) mass is 1360 g/mol. The lowest BCUT2D eigenvalue weighted by Crippen LogP contribution is -2.21. The van der Waals surface area contributed by atoms with E-state index in [-0.39, 0.29) is 56.9 Å². The first-order valence-corrected chi connectivity index (χ1v) is 34.6. The van der Waals surface area contributed by atoms with Gasteiger partial charge in [-0.25, -0.2) is 27.6 Å². The number of hydrogen-bond donors (Lipinski definition) is 0. The molecule has 524 valence electrons. The van der Waals surface area contributed by atoms with Crippen molar-refractivity contribution in [3.05, 3.63) is 198 Å². The molecule has 0 saturated heterocycles. The molecular formula is C81H92F3N3O12. The summed E-state index contributed by atoms with van der Waals surface area (Å²) in [6.45, 7) is 15.8. The van der Waals surface area contributed by atoms with Gasteiger partial charge in [0.25, 0.3) is 0 Å². The Morgan fingerprint density at radius 1 is 0.323 bits per heavy atom. The number of esters is 3. The van der Waals surface area contributed by atoms with Gasteiger partial charge in [-0.1, -0.05) is 172 Å². The van der Waals surface area contributed by atoms with Gasteiger partial charge in [0.15, 0.2) is 6.29 Å². The molecule has 0 fully saturated rings. The van der Waals surface area contributed by atoms with Crippen LogP contribution in [-0.2, 0) is 28.6 Å². The van der Waals surface area contributed by atoms with Crippen LogP contribution in [0, 0.1) is 51.4 Å². The minimum absolute atomic E-state index is 0.00913. The van der Waals surface area contributed by atoms with Crippen molar-refractivity contribution in [2.24, 2.45) is 0 Å². The van der Waals surface area contributed by atoms with Gasteiger partial charge in [-0.3, -0.25) is 0 Å². The Labute approximate surface area is 581 Å². The van der Waals surface area contributed by atoms with E-state index in [4.69, 9.17) is 58.4 Å². The predicted molar refractivity (Wildman–Crippen MR) is 375 cm³/mol. The Hall–Kier alpha value is -9.51. The molecule has 0 bridgehead atoms. The second kappa shape index (κ2) is 45.9. The fraction of sp³-hybridized carbons (Fsp3) is 0.407. The molecule has 0 unspecified atom stereocenters. The van der Waals surface area contributed by atoms with Crippen molar-refractivity contribution in [1.82, 2.24) is 0 Å². The van der Waals surface area contributed by atoms with E-state index >= 15 is 0 Å². The van der Waals surface area contributed by atoms with Crippen molar-refractivity contribution in [2.45, 2.75) is 167 Å². The number of nitrogens with zero attached hydrogens (tertiary/aromatic N) is 3. The Morgan fingerprint density at radius 2 is 0.566 bits per heavy atom. The van der Waals surface area contributed by atoms with Crippen molar-refractivity contribution < 1.29 is 70.2 Å². The highest BCUT2D eigenvalue weighted by atomic mass is 19.1. The summed E-state index contributed by atoms with van der Waals surface area (Å²) in [5, 5.41) is 26.8. The first-order valence-electron chi connectivity index (χ1n) is 34.6. The number of hydrogen-bond acceptors (Lipinski definition) is 15. The van der Waals surface area contributed by atoms with Gasteiger partial charge in [-0.2, -0.15) is 15.8 Å². The second-order valence-electron chi connectivity index (χ2n) is 24.0. The maximum absolute atomic E-state index is 14.0. The van der Waals surface area contributed by atoms with Crippen LogP contribution in [0.3, 0.4) is 0 Å². The van der Waals surface area contributed by atoms with Crippen LogP contribution in [0.25, 0.3) is 16.7 Å². The molecule has 6 aromatic carbocycles. The zero-order chi connectivity index (χ0) is 70.7. The molecule has 0 aliphatic carbocycles. The van der Waals surface area contributed by atoms with Crippen LogP contribution in [0.15, 0.2) is 147 Å². The minimum Gasteiger partial charge on any atom is -0.494 e. The van der Waals surface area contributed by atoms with E-state index in [1.165, 1.54) is 55.7 Å². The van der Waals surface area contributed by atoms with Crippen molar-refractivity contribution in [1.29, 1.82) is 15.8 Å². The zero-order valence-corrected chi connectivity index (χ0v) is 56.8. The maximum atomic E-state index is 14.0. The number of halogens is 3. The Morgan fingerprint density at radius 3 is 0.828 bits per heavy atom. The third-order valence-electron chi connectivity index (χ3n) is 16.3. The molecule has 0 atom stereocenters. The van der Waals surface area contributed by atoms with Crippen molar-refractivity contribution >= 4 is 34.6 Å². The van der Waals surface area contributed by atoms with E-state index in [2.05, 4.69) is 19.7 Å². The first kappa shape index (κ1) is 78.5. The molecule has 0 aliphatic heterocycles. The van der Waals surface area contributed by atoms with Crippen LogP contribution in [0.1, 0.15) is 194 Å². The van der Waals surface area contributed by atoms with Crippen LogP contribution in [0.5, 0.6) is 34.5 Å². The summed E-state index contributed by atoms with van der Waals surface area (Å²) >= 11 is 0. The van der Waals surface area contributed by atoms with Crippen molar-refractivity contribution in [2.75, 3.05) is 46.2 Å². The number of rotatable bonds is 50. The number of carbonyl (C=O) groups excluding carboxylic acids is 3.